The van der Waals surface area contributed by atoms with E-state index in [9.17, 15) is 9.18 Å². The van der Waals surface area contributed by atoms with Gasteiger partial charge in [-0.05, 0) is 24.1 Å². The number of carbonyl (C=O) groups is 1. The third-order valence-corrected chi connectivity index (χ3v) is 2.42. The normalized spacial score (nSPS) is 12.5. The Balaban J connectivity index is 2.89. The molecule has 0 heterocycles. The second-order valence-electron chi connectivity index (χ2n) is 3.33. The summed E-state index contributed by atoms with van der Waals surface area (Å²) in [6.45, 7) is 3.83. The lowest BCUT2D eigenvalue weighted by atomic mass is 9.91. The summed E-state index contributed by atoms with van der Waals surface area (Å²) in [5, 5.41) is 0. The lowest BCUT2D eigenvalue weighted by Gasteiger charge is -2.12. The number of hydrogen-bond acceptors (Lipinski definition) is 1. The molecule has 1 rings (SSSR count). The van der Waals surface area contributed by atoms with Crippen LogP contribution in [0.25, 0.3) is 0 Å². The van der Waals surface area contributed by atoms with Crippen LogP contribution in [0.5, 0.6) is 0 Å². The third-order valence-electron chi connectivity index (χ3n) is 2.42. The van der Waals surface area contributed by atoms with Gasteiger partial charge >= 0.3 is 0 Å². The monoisotopic (exact) mass is 194 g/mol. The third kappa shape index (κ3) is 2.41. The van der Waals surface area contributed by atoms with Crippen LogP contribution in [0.1, 0.15) is 38.2 Å². The van der Waals surface area contributed by atoms with E-state index in [0.29, 0.717) is 6.42 Å². The SMILES string of the molecule is CCC(=O)C(CC)c1ccc(F)cc1. The molecule has 0 N–H and O–H groups in total. The van der Waals surface area contributed by atoms with Gasteiger partial charge in [0.15, 0.2) is 0 Å². The van der Waals surface area contributed by atoms with Crippen LogP contribution in [0, 0.1) is 5.82 Å². The van der Waals surface area contributed by atoms with Crippen LogP contribution in [-0.2, 0) is 4.79 Å². The summed E-state index contributed by atoms with van der Waals surface area (Å²) in [4.78, 5) is 11.5. The molecule has 0 saturated heterocycles. The first-order chi connectivity index (χ1) is 6.69. The van der Waals surface area contributed by atoms with Gasteiger partial charge in [-0.1, -0.05) is 26.0 Å². The summed E-state index contributed by atoms with van der Waals surface area (Å²) >= 11 is 0. The molecule has 1 nitrogen and oxygen atoms in total. The van der Waals surface area contributed by atoms with Gasteiger partial charge in [-0.3, -0.25) is 4.79 Å². The van der Waals surface area contributed by atoms with Crippen LogP contribution in [0.2, 0.25) is 0 Å². The minimum absolute atomic E-state index is 0.0689. The molecule has 1 atom stereocenters. The lowest BCUT2D eigenvalue weighted by Crippen LogP contribution is -2.10. The number of benzene rings is 1. The van der Waals surface area contributed by atoms with Gasteiger partial charge in [0.2, 0.25) is 0 Å². The van der Waals surface area contributed by atoms with E-state index in [4.69, 9.17) is 0 Å². The fourth-order valence-corrected chi connectivity index (χ4v) is 1.59. The average Bonchev–Trinajstić information content (AvgIpc) is 2.21. The topological polar surface area (TPSA) is 17.1 Å². The summed E-state index contributed by atoms with van der Waals surface area (Å²) in [6.07, 6.45) is 1.31. The molecule has 0 aliphatic rings. The summed E-state index contributed by atoms with van der Waals surface area (Å²) in [6, 6.07) is 6.19. The molecule has 1 aromatic rings. The first-order valence-electron chi connectivity index (χ1n) is 4.97. The minimum Gasteiger partial charge on any atom is -0.299 e. The molecule has 1 aromatic carbocycles. The first-order valence-corrected chi connectivity index (χ1v) is 4.97. The van der Waals surface area contributed by atoms with Crippen molar-refractivity contribution in [2.75, 3.05) is 0 Å². The Hall–Kier alpha value is -1.18. The van der Waals surface area contributed by atoms with Crippen LogP contribution < -0.4 is 0 Å². The smallest absolute Gasteiger partial charge is 0.140 e. The average molecular weight is 194 g/mol. The summed E-state index contributed by atoms with van der Waals surface area (Å²) < 4.78 is 12.7. The van der Waals surface area contributed by atoms with E-state index >= 15 is 0 Å². The maximum absolute atomic E-state index is 12.7. The predicted molar refractivity (Wildman–Crippen MR) is 54.7 cm³/mol. The van der Waals surface area contributed by atoms with Gasteiger partial charge in [-0.2, -0.15) is 0 Å². The highest BCUT2D eigenvalue weighted by molar-refractivity contribution is 5.85. The van der Waals surface area contributed by atoms with Gasteiger partial charge in [0.05, 0.1) is 0 Å². The van der Waals surface area contributed by atoms with Gasteiger partial charge in [0.1, 0.15) is 11.6 Å². The molecule has 0 radical (unpaired) electrons. The number of rotatable bonds is 4. The van der Waals surface area contributed by atoms with E-state index < -0.39 is 0 Å². The van der Waals surface area contributed by atoms with Crippen molar-refractivity contribution in [1.82, 2.24) is 0 Å². The van der Waals surface area contributed by atoms with Gasteiger partial charge in [-0.25, -0.2) is 4.39 Å². The summed E-state index contributed by atoms with van der Waals surface area (Å²) in [5.74, 6) is -0.104. The maximum Gasteiger partial charge on any atom is 0.140 e. The van der Waals surface area contributed by atoms with Crippen molar-refractivity contribution in [3.63, 3.8) is 0 Å². The second-order valence-corrected chi connectivity index (χ2v) is 3.33. The van der Waals surface area contributed by atoms with Crippen molar-refractivity contribution in [2.24, 2.45) is 0 Å². The highest BCUT2D eigenvalue weighted by Crippen LogP contribution is 2.21. The van der Waals surface area contributed by atoms with Crippen molar-refractivity contribution >= 4 is 5.78 Å². The number of halogens is 1. The quantitative estimate of drug-likeness (QED) is 0.718. The van der Waals surface area contributed by atoms with E-state index in [2.05, 4.69) is 0 Å². The largest absolute Gasteiger partial charge is 0.299 e. The molecule has 0 aliphatic carbocycles. The molecule has 0 aromatic heterocycles. The number of carbonyl (C=O) groups excluding carboxylic acids is 1. The molecular formula is C12H15FO. The molecular weight excluding hydrogens is 179 g/mol. The highest BCUT2D eigenvalue weighted by atomic mass is 19.1. The molecule has 0 amide bonds. The molecule has 2 heteroatoms. The lowest BCUT2D eigenvalue weighted by molar-refractivity contribution is -0.120. The fraction of sp³-hybridized carbons (Fsp3) is 0.417. The van der Waals surface area contributed by atoms with Crippen molar-refractivity contribution in [3.8, 4) is 0 Å². The summed E-state index contributed by atoms with van der Waals surface area (Å²) in [7, 11) is 0. The predicted octanol–water partition coefficient (Wildman–Crippen LogP) is 3.30. The standard InChI is InChI=1S/C12H15FO/c1-3-11(12(14)4-2)9-5-7-10(13)8-6-9/h5-8,11H,3-4H2,1-2H3. The molecule has 1 unspecified atom stereocenters. The van der Waals surface area contributed by atoms with Crippen molar-refractivity contribution in [1.29, 1.82) is 0 Å². The van der Waals surface area contributed by atoms with Gasteiger partial charge in [0, 0.05) is 12.3 Å². The number of Topliss-reactive ketones (excluding diaryl/α,β-unsaturated/α-hetero) is 1. The van der Waals surface area contributed by atoms with Crippen molar-refractivity contribution in [3.05, 3.63) is 35.6 Å². The van der Waals surface area contributed by atoms with Crippen molar-refractivity contribution in [2.45, 2.75) is 32.6 Å². The van der Waals surface area contributed by atoms with Gasteiger partial charge in [0.25, 0.3) is 0 Å². The van der Waals surface area contributed by atoms with E-state index in [1.54, 1.807) is 12.1 Å². The van der Waals surface area contributed by atoms with E-state index in [1.165, 1.54) is 12.1 Å². The molecule has 0 saturated carbocycles. The Bertz CT molecular complexity index is 303. The summed E-state index contributed by atoms with van der Waals surface area (Å²) in [5.41, 5.74) is 0.917. The zero-order valence-corrected chi connectivity index (χ0v) is 8.59. The van der Waals surface area contributed by atoms with Gasteiger partial charge < -0.3 is 0 Å². The van der Waals surface area contributed by atoms with Crippen LogP contribution in [0.15, 0.2) is 24.3 Å². The minimum atomic E-state index is -0.257. The molecule has 76 valence electrons. The maximum atomic E-state index is 12.7. The van der Waals surface area contributed by atoms with Crippen LogP contribution in [-0.4, -0.2) is 5.78 Å². The Morgan fingerprint density at radius 3 is 2.29 bits per heavy atom. The Morgan fingerprint density at radius 2 is 1.86 bits per heavy atom. The molecule has 0 fully saturated rings. The van der Waals surface area contributed by atoms with Crippen LogP contribution in [0.3, 0.4) is 0 Å². The Morgan fingerprint density at radius 1 is 1.29 bits per heavy atom. The zero-order valence-electron chi connectivity index (χ0n) is 8.59. The Kier molecular flexibility index (Phi) is 3.81. The van der Waals surface area contributed by atoms with Gasteiger partial charge in [-0.15, -0.1) is 0 Å². The Labute approximate surface area is 83.9 Å². The van der Waals surface area contributed by atoms with E-state index in [-0.39, 0.29) is 17.5 Å². The zero-order chi connectivity index (χ0) is 10.6. The van der Waals surface area contributed by atoms with E-state index in [0.717, 1.165) is 12.0 Å². The number of hydrogen-bond donors (Lipinski definition) is 0. The highest BCUT2D eigenvalue weighted by Gasteiger charge is 2.16. The first kappa shape index (κ1) is 10.9. The van der Waals surface area contributed by atoms with E-state index in [1.807, 2.05) is 13.8 Å². The van der Waals surface area contributed by atoms with Crippen LogP contribution in [0.4, 0.5) is 4.39 Å². The molecule has 0 bridgehead atoms. The number of ketones is 1. The second kappa shape index (κ2) is 4.89. The van der Waals surface area contributed by atoms with Crippen LogP contribution >= 0.6 is 0 Å². The molecule has 0 spiro atoms. The fourth-order valence-electron chi connectivity index (χ4n) is 1.59. The molecule has 14 heavy (non-hydrogen) atoms. The van der Waals surface area contributed by atoms with Crippen molar-refractivity contribution < 1.29 is 9.18 Å². The molecule has 0 aliphatic heterocycles.